The molecule has 0 bridgehead atoms. The zero-order valence-corrected chi connectivity index (χ0v) is 22.3. The second-order valence-electron chi connectivity index (χ2n) is 9.01. The summed E-state index contributed by atoms with van der Waals surface area (Å²) in [5.41, 5.74) is 5.26. The molecule has 2 N–H and O–H groups in total. The minimum Gasteiger partial charge on any atom is -0.480 e. The zero-order valence-electron chi connectivity index (χ0n) is 20.7. The predicted octanol–water partition coefficient (Wildman–Crippen LogP) is 7.56. The molecule has 4 rings (SSSR count). The summed E-state index contributed by atoms with van der Waals surface area (Å²) >= 11 is 2.76. The molecule has 36 heavy (non-hydrogen) atoms. The molecular weight excluding hydrogens is 488 g/mol. The maximum atomic E-state index is 13.3. The average molecular weight is 517 g/mol. The van der Waals surface area contributed by atoms with Crippen molar-refractivity contribution < 1.29 is 14.7 Å². The minimum atomic E-state index is -0.929. The van der Waals surface area contributed by atoms with Crippen LogP contribution in [0.15, 0.2) is 77.7 Å². The fourth-order valence-electron chi connectivity index (χ4n) is 3.52. The van der Waals surface area contributed by atoms with E-state index in [1.54, 1.807) is 13.8 Å². The highest BCUT2D eigenvalue weighted by Crippen LogP contribution is 2.38. The number of benzene rings is 3. The van der Waals surface area contributed by atoms with E-state index in [-0.39, 0.29) is 5.91 Å². The summed E-state index contributed by atoms with van der Waals surface area (Å²) in [6.45, 7) is 7.49. The molecule has 0 radical (unpaired) electrons. The Morgan fingerprint density at radius 1 is 0.944 bits per heavy atom. The van der Waals surface area contributed by atoms with Crippen LogP contribution in [0.2, 0.25) is 0 Å². The van der Waals surface area contributed by atoms with Gasteiger partial charge in [-0.25, -0.2) is 4.98 Å². The van der Waals surface area contributed by atoms with E-state index in [2.05, 4.69) is 12.2 Å². The second-order valence-corrected chi connectivity index (χ2v) is 11.7. The van der Waals surface area contributed by atoms with Crippen molar-refractivity contribution in [2.24, 2.45) is 0 Å². The SMILES string of the molecule is CCc1ccc(NC(=O)c2nc(-c3ccc(SC(C)(C)C(=O)O)cc3)sc2-c2ccc(C)cc2)cc1. The second kappa shape index (κ2) is 10.7. The van der Waals surface area contributed by atoms with Crippen molar-refractivity contribution in [1.82, 2.24) is 4.98 Å². The molecule has 5 nitrogen and oxygen atoms in total. The van der Waals surface area contributed by atoms with Crippen molar-refractivity contribution in [3.05, 3.63) is 89.6 Å². The standard InChI is InChI=1S/C29H28N2O3S2/c1-5-19-8-14-22(15-9-19)30-26(32)24-25(20-10-6-18(2)7-11-20)35-27(31-24)21-12-16-23(17-13-21)36-29(3,4)28(33)34/h6-17H,5H2,1-4H3,(H,30,32)(H,33,34). The Labute approximate surface area is 219 Å². The molecule has 0 spiro atoms. The number of aromatic nitrogens is 1. The summed E-state index contributed by atoms with van der Waals surface area (Å²) in [6.07, 6.45) is 0.937. The van der Waals surface area contributed by atoms with E-state index < -0.39 is 10.7 Å². The molecule has 0 saturated carbocycles. The molecule has 0 unspecified atom stereocenters. The normalized spacial score (nSPS) is 11.3. The van der Waals surface area contributed by atoms with E-state index >= 15 is 0 Å². The Hall–Kier alpha value is -3.42. The quantitative estimate of drug-likeness (QED) is 0.236. The number of carbonyl (C=O) groups is 2. The number of nitrogens with zero attached hydrogens (tertiary/aromatic N) is 1. The van der Waals surface area contributed by atoms with Gasteiger partial charge in [0.1, 0.15) is 15.4 Å². The first-order chi connectivity index (χ1) is 17.2. The van der Waals surface area contributed by atoms with Crippen LogP contribution in [-0.2, 0) is 11.2 Å². The van der Waals surface area contributed by atoms with E-state index in [0.29, 0.717) is 5.69 Å². The number of nitrogens with one attached hydrogen (secondary N) is 1. The van der Waals surface area contributed by atoms with Crippen LogP contribution in [0.3, 0.4) is 0 Å². The number of hydrogen-bond donors (Lipinski definition) is 2. The van der Waals surface area contributed by atoms with Crippen LogP contribution in [0.25, 0.3) is 21.0 Å². The molecule has 7 heteroatoms. The number of carbonyl (C=O) groups excluding carboxylic acids is 1. The number of thiazole rings is 1. The van der Waals surface area contributed by atoms with Gasteiger partial charge in [-0.2, -0.15) is 0 Å². The number of hydrogen-bond acceptors (Lipinski definition) is 5. The van der Waals surface area contributed by atoms with Gasteiger partial charge >= 0.3 is 5.97 Å². The number of aliphatic carboxylic acids is 1. The summed E-state index contributed by atoms with van der Waals surface area (Å²) < 4.78 is -0.929. The minimum absolute atomic E-state index is 0.257. The topological polar surface area (TPSA) is 79.3 Å². The maximum absolute atomic E-state index is 13.3. The van der Waals surface area contributed by atoms with Gasteiger partial charge in [0.15, 0.2) is 0 Å². The Morgan fingerprint density at radius 3 is 2.14 bits per heavy atom. The molecule has 1 amide bonds. The van der Waals surface area contributed by atoms with Gasteiger partial charge in [0.25, 0.3) is 5.91 Å². The average Bonchev–Trinajstić information content (AvgIpc) is 3.31. The smallest absolute Gasteiger partial charge is 0.319 e. The summed E-state index contributed by atoms with van der Waals surface area (Å²) in [5.74, 6) is -1.12. The first-order valence-corrected chi connectivity index (χ1v) is 13.3. The fourth-order valence-corrected chi connectivity index (χ4v) is 5.54. The molecule has 0 aliphatic heterocycles. The summed E-state index contributed by atoms with van der Waals surface area (Å²) in [6, 6.07) is 23.5. The lowest BCUT2D eigenvalue weighted by atomic mass is 10.1. The first-order valence-electron chi connectivity index (χ1n) is 11.7. The van der Waals surface area contributed by atoms with Gasteiger partial charge in [0, 0.05) is 16.1 Å². The zero-order chi connectivity index (χ0) is 25.9. The van der Waals surface area contributed by atoms with Gasteiger partial charge in [0.2, 0.25) is 0 Å². The number of rotatable bonds is 8. The third-order valence-electron chi connectivity index (χ3n) is 5.77. The van der Waals surface area contributed by atoms with Gasteiger partial charge < -0.3 is 10.4 Å². The number of aryl methyl sites for hydroxylation is 2. The van der Waals surface area contributed by atoms with Crippen LogP contribution in [0.4, 0.5) is 5.69 Å². The van der Waals surface area contributed by atoms with E-state index in [1.807, 2.05) is 79.7 Å². The van der Waals surface area contributed by atoms with Crippen molar-refractivity contribution >= 4 is 40.7 Å². The highest BCUT2D eigenvalue weighted by atomic mass is 32.2. The first kappa shape index (κ1) is 25.7. The Morgan fingerprint density at radius 2 is 1.56 bits per heavy atom. The molecule has 1 heterocycles. The van der Waals surface area contributed by atoms with Crippen molar-refractivity contribution in [3.8, 4) is 21.0 Å². The monoisotopic (exact) mass is 516 g/mol. The largest absolute Gasteiger partial charge is 0.480 e. The maximum Gasteiger partial charge on any atom is 0.319 e. The van der Waals surface area contributed by atoms with Crippen LogP contribution in [0.1, 0.15) is 42.4 Å². The summed E-state index contributed by atoms with van der Waals surface area (Å²) in [7, 11) is 0. The van der Waals surface area contributed by atoms with Gasteiger partial charge in [0.05, 0.1) is 4.88 Å². The molecule has 0 fully saturated rings. The van der Waals surface area contributed by atoms with E-state index in [9.17, 15) is 14.7 Å². The number of thioether (sulfide) groups is 1. The van der Waals surface area contributed by atoms with Crippen molar-refractivity contribution in [2.75, 3.05) is 5.32 Å². The Kier molecular flexibility index (Phi) is 7.62. The van der Waals surface area contributed by atoms with Gasteiger partial charge in [-0.3, -0.25) is 9.59 Å². The summed E-state index contributed by atoms with van der Waals surface area (Å²) in [4.78, 5) is 31.2. The highest BCUT2D eigenvalue weighted by molar-refractivity contribution is 8.01. The fraction of sp³-hybridized carbons (Fsp3) is 0.207. The molecule has 3 aromatic carbocycles. The molecule has 0 aliphatic rings. The molecule has 0 aliphatic carbocycles. The highest BCUT2D eigenvalue weighted by Gasteiger charge is 2.28. The lowest BCUT2D eigenvalue weighted by Gasteiger charge is -2.18. The number of carboxylic acid groups (broad SMARTS) is 1. The van der Waals surface area contributed by atoms with Crippen molar-refractivity contribution in [2.45, 2.75) is 43.8 Å². The molecule has 0 atom stereocenters. The van der Waals surface area contributed by atoms with Gasteiger partial charge in [-0.05, 0) is 62.6 Å². The molecule has 4 aromatic rings. The predicted molar refractivity (Wildman–Crippen MR) is 149 cm³/mol. The van der Waals surface area contributed by atoms with Crippen molar-refractivity contribution in [1.29, 1.82) is 0 Å². The number of anilines is 1. The Balaban J connectivity index is 1.66. The van der Waals surface area contributed by atoms with E-state index in [1.165, 1.54) is 28.7 Å². The lowest BCUT2D eigenvalue weighted by molar-refractivity contribution is -0.138. The summed E-state index contributed by atoms with van der Waals surface area (Å²) in [5, 5.41) is 13.1. The van der Waals surface area contributed by atoms with Crippen LogP contribution < -0.4 is 5.32 Å². The van der Waals surface area contributed by atoms with Gasteiger partial charge in [-0.1, -0.05) is 61.0 Å². The van der Waals surface area contributed by atoms with Crippen LogP contribution >= 0.6 is 23.1 Å². The van der Waals surface area contributed by atoms with Crippen LogP contribution in [-0.4, -0.2) is 26.7 Å². The Bertz CT molecular complexity index is 1370. The van der Waals surface area contributed by atoms with Crippen LogP contribution in [0, 0.1) is 6.92 Å². The molecular formula is C29H28N2O3S2. The number of carboxylic acids is 1. The van der Waals surface area contributed by atoms with Crippen molar-refractivity contribution in [3.63, 3.8) is 0 Å². The third kappa shape index (κ3) is 5.86. The van der Waals surface area contributed by atoms with E-state index in [0.717, 1.165) is 43.6 Å². The van der Waals surface area contributed by atoms with Crippen LogP contribution in [0.5, 0.6) is 0 Å². The lowest BCUT2D eigenvalue weighted by Crippen LogP contribution is -2.26. The molecule has 0 saturated heterocycles. The van der Waals surface area contributed by atoms with Gasteiger partial charge in [-0.15, -0.1) is 23.1 Å². The number of amides is 1. The third-order valence-corrected chi connectivity index (χ3v) is 8.11. The molecule has 1 aromatic heterocycles. The molecule has 184 valence electrons. The van der Waals surface area contributed by atoms with E-state index in [4.69, 9.17) is 4.98 Å².